The zero-order valence-corrected chi connectivity index (χ0v) is 21.0. The molecule has 0 atom stereocenters. The third kappa shape index (κ3) is 5.59. The first-order valence-electron chi connectivity index (χ1n) is 12.0. The first-order valence-corrected chi connectivity index (χ1v) is 12.8. The maximum absolute atomic E-state index is 6.16. The van der Waals surface area contributed by atoms with Crippen molar-refractivity contribution in [2.24, 2.45) is 13.0 Å². The van der Waals surface area contributed by atoms with Crippen molar-refractivity contribution in [3.05, 3.63) is 71.0 Å². The molecule has 1 saturated carbocycles. The zero-order valence-electron chi connectivity index (χ0n) is 19.4. The van der Waals surface area contributed by atoms with Crippen LogP contribution in [0.15, 0.2) is 65.3 Å². The van der Waals surface area contributed by atoms with E-state index in [9.17, 15) is 0 Å². The van der Waals surface area contributed by atoms with Crippen LogP contribution in [0.2, 0.25) is 0 Å². The standard InChI is InChI=1S/C27H30BrN5O/c1-33-26-12-11-23(16-25(26)32-27(33)31-21-9-7-20(28)8-10-21)34-24-13-14-30-22(15-24)18-29-17-19-5-3-2-4-6-19/h7-16,19,29H,2-6,17-18H2,1H3,(H,31,32). The number of nitrogens with one attached hydrogen (secondary N) is 2. The number of imidazole rings is 1. The predicted octanol–water partition coefficient (Wildman–Crippen LogP) is 6.94. The second-order valence-corrected chi connectivity index (χ2v) is 9.91. The Kier molecular flexibility index (Phi) is 7.11. The fraction of sp³-hybridized carbons (Fsp3) is 0.333. The van der Waals surface area contributed by atoms with Crippen molar-refractivity contribution in [2.75, 3.05) is 11.9 Å². The highest BCUT2D eigenvalue weighted by Crippen LogP contribution is 2.28. The topological polar surface area (TPSA) is 64.0 Å². The number of pyridine rings is 1. The summed E-state index contributed by atoms with van der Waals surface area (Å²) >= 11 is 3.47. The van der Waals surface area contributed by atoms with Crippen molar-refractivity contribution < 1.29 is 4.74 Å². The van der Waals surface area contributed by atoms with Gasteiger partial charge in [0.1, 0.15) is 11.5 Å². The Hall–Kier alpha value is -2.90. The van der Waals surface area contributed by atoms with Crippen LogP contribution in [-0.4, -0.2) is 21.1 Å². The smallest absolute Gasteiger partial charge is 0.208 e. The maximum Gasteiger partial charge on any atom is 0.208 e. The van der Waals surface area contributed by atoms with E-state index in [1.807, 2.05) is 72.4 Å². The lowest BCUT2D eigenvalue weighted by molar-refractivity contribution is 0.341. The lowest BCUT2D eigenvalue weighted by Gasteiger charge is -2.21. The summed E-state index contributed by atoms with van der Waals surface area (Å²) in [5.74, 6) is 3.13. The van der Waals surface area contributed by atoms with Crippen LogP contribution < -0.4 is 15.4 Å². The van der Waals surface area contributed by atoms with Crippen molar-refractivity contribution in [1.29, 1.82) is 0 Å². The fourth-order valence-corrected chi connectivity index (χ4v) is 4.83. The second kappa shape index (κ2) is 10.6. The number of hydrogen-bond donors (Lipinski definition) is 2. The number of anilines is 2. The summed E-state index contributed by atoms with van der Waals surface area (Å²) in [6, 6.07) is 17.9. The van der Waals surface area contributed by atoms with E-state index in [0.717, 1.165) is 63.3 Å². The Morgan fingerprint density at radius 1 is 1.00 bits per heavy atom. The molecule has 0 aliphatic heterocycles. The fourth-order valence-electron chi connectivity index (χ4n) is 4.57. The van der Waals surface area contributed by atoms with Gasteiger partial charge in [-0.1, -0.05) is 35.2 Å². The second-order valence-electron chi connectivity index (χ2n) is 9.00. The number of rotatable bonds is 8. The first-order chi connectivity index (χ1) is 16.6. The molecule has 5 rings (SSSR count). The third-order valence-electron chi connectivity index (χ3n) is 6.44. The lowest BCUT2D eigenvalue weighted by Crippen LogP contribution is -2.24. The minimum atomic E-state index is 0.758. The van der Waals surface area contributed by atoms with Crippen LogP contribution in [0.1, 0.15) is 37.8 Å². The van der Waals surface area contributed by atoms with Crippen LogP contribution in [0.25, 0.3) is 11.0 Å². The van der Waals surface area contributed by atoms with Crippen molar-refractivity contribution in [2.45, 2.75) is 38.6 Å². The van der Waals surface area contributed by atoms with Crippen molar-refractivity contribution in [1.82, 2.24) is 19.9 Å². The molecule has 2 heterocycles. The molecule has 1 aliphatic carbocycles. The molecule has 34 heavy (non-hydrogen) atoms. The quantitative estimate of drug-likeness (QED) is 0.264. The van der Waals surface area contributed by atoms with Crippen LogP contribution in [0, 0.1) is 5.92 Å². The third-order valence-corrected chi connectivity index (χ3v) is 6.97. The van der Waals surface area contributed by atoms with Gasteiger partial charge in [-0.25, -0.2) is 4.98 Å². The van der Waals surface area contributed by atoms with Crippen LogP contribution >= 0.6 is 15.9 Å². The van der Waals surface area contributed by atoms with E-state index >= 15 is 0 Å². The Bertz CT molecular complexity index is 1250. The summed E-state index contributed by atoms with van der Waals surface area (Å²) in [6.45, 7) is 1.83. The first kappa shape index (κ1) is 22.9. The lowest BCUT2D eigenvalue weighted by atomic mass is 9.89. The van der Waals surface area contributed by atoms with Gasteiger partial charge in [0.15, 0.2) is 0 Å². The Balaban J connectivity index is 1.24. The van der Waals surface area contributed by atoms with Gasteiger partial charge in [0, 0.05) is 42.1 Å². The number of aryl methyl sites for hydroxylation is 1. The van der Waals surface area contributed by atoms with E-state index < -0.39 is 0 Å². The Morgan fingerprint density at radius 3 is 2.62 bits per heavy atom. The molecule has 0 unspecified atom stereocenters. The molecular formula is C27H30BrN5O. The summed E-state index contributed by atoms with van der Waals surface area (Å²) in [4.78, 5) is 9.28. The molecule has 6 nitrogen and oxygen atoms in total. The largest absolute Gasteiger partial charge is 0.457 e. The van der Waals surface area contributed by atoms with Gasteiger partial charge in [-0.05, 0) is 67.8 Å². The summed E-state index contributed by atoms with van der Waals surface area (Å²) in [5.41, 5.74) is 3.89. The van der Waals surface area contributed by atoms with Gasteiger partial charge < -0.3 is 19.9 Å². The van der Waals surface area contributed by atoms with Crippen LogP contribution in [0.3, 0.4) is 0 Å². The van der Waals surface area contributed by atoms with Gasteiger partial charge >= 0.3 is 0 Å². The van der Waals surface area contributed by atoms with E-state index in [4.69, 9.17) is 9.72 Å². The molecule has 176 valence electrons. The van der Waals surface area contributed by atoms with Crippen molar-refractivity contribution in [3.63, 3.8) is 0 Å². The Morgan fingerprint density at radius 2 is 1.79 bits per heavy atom. The van der Waals surface area contributed by atoms with Gasteiger partial charge in [0.25, 0.3) is 0 Å². The van der Waals surface area contributed by atoms with E-state index in [-0.39, 0.29) is 0 Å². The highest BCUT2D eigenvalue weighted by Gasteiger charge is 2.13. The molecule has 0 spiro atoms. The highest BCUT2D eigenvalue weighted by molar-refractivity contribution is 9.10. The number of aromatic nitrogens is 3. The number of fused-ring (bicyclic) bond motifs is 1. The minimum Gasteiger partial charge on any atom is -0.457 e. The SMILES string of the molecule is Cn1c(Nc2ccc(Br)cc2)nc2cc(Oc3ccnc(CNCC4CCCCC4)c3)ccc21. The molecule has 2 N–H and O–H groups in total. The molecule has 4 aromatic rings. The van der Waals surface area contributed by atoms with Gasteiger partial charge in [0.05, 0.1) is 16.7 Å². The molecule has 0 saturated heterocycles. The van der Waals surface area contributed by atoms with Crippen molar-refractivity contribution >= 4 is 38.6 Å². The number of ether oxygens (including phenoxy) is 1. The molecule has 2 aromatic carbocycles. The van der Waals surface area contributed by atoms with Crippen molar-refractivity contribution in [3.8, 4) is 11.5 Å². The normalized spacial score (nSPS) is 14.4. The molecule has 0 amide bonds. The summed E-state index contributed by atoms with van der Waals surface area (Å²) in [5, 5.41) is 6.96. The summed E-state index contributed by atoms with van der Waals surface area (Å²) < 4.78 is 9.25. The van der Waals surface area contributed by atoms with E-state index in [2.05, 4.69) is 31.5 Å². The Labute approximate surface area is 208 Å². The summed E-state index contributed by atoms with van der Waals surface area (Å²) in [7, 11) is 2.01. The van der Waals surface area contributed by atoms with Gasteiger partial charge in [-0.2, -0.15) is 0 Å². The summed E-state index contributed by atoms with van der Waals surface area (Å²) in [6.07, 6.45) is 8.64. The van der Waals surface area contributed by atoms with Crippen LogP contribution in [0.4, 0.5) is 11.6 Å². The molecule has 2 aromatic heterocycles. The molecule has 7 heteroatoms. The average molecular weight is 520 g/mol. The average Bonchev–Trinajstić information content (AvgIpc) is 3.16. The van der Waals surface area contributed by atoms with E-state index in [0.29, 0.717) is 0 Å². The number of halogens is 1. The molecule has 1 fully saturated rings. The van der Waals surface area contributed by atoms with E-state index in [1.54, 1.807) is 0 Å². The minimum absolute atomic E-state index is 0.758. The highest BCUT2D eigenvalue weighted by atomic mass is 79.9. The van der Waals surface area contributed by atoms with Crippen LogP contribution in [0.5, 0.6) is 11.5 Å². The predicted molar refractivity (Wildman–Crippen MR) is 141 cm³/mol. The molecule has 0 radical (unpaired) electrons. The monoisotopic (exact) mass is 519 g/mol. The van der Waals surface area contributed by atoms with Gasteiger partial charge in [-0.15, -0.1) is 0 Å². The number of hydrogen-bond acceptors (Lipinski definition) is 5. The van der Waals surface area contributed by atoms with Gasteiger partial charge in [-0.3, -0.25) is 4.98 Å². The van der Waals surface area contributed by atoms with Crippen LogP contribution in [-0.2, 0) is 13.6 Å². The maximum atomic E-state index is 6.16. The van der Waals surface area contributed by atoms with E-state index in [1.165, 1.54) is 32.1 Å². The number of benzene rings is 2. The number of nitrogens with zero attached hydrogens (tertiary/aromatic N) is 3. The zero-order chi connectivity index (χ0) is 23.3. The molecular weight excluding hydrogens is 490 g/mol. The van der Waals surface area contributed by atoms with Gasteiger partial charge in [0.2, 0.25) is 5.95 Å². The molecule has 0 bridgehead atoms. The molecule has 1 aliphatic rings.